The number of carbonyl (C=O) groups is 2. The number of rotatable bonds is 9. The van der Waals surface area contributed by atoms with Crippen molar-refractivity contribution in [2.45, 2.75) is 26.0 Å². The number of aromatic nitrogens is 1. The number of amides is 1. The number of benzene rings is 2. The summed E-state index contributed by atoms with van der Waals surface area (Å²) in [6, 6.07) is 17.9. The highest BCUT2D eigenvalue weighted by Gasteiger charge is 2.45. The monoisotopic (exact) mass is 527 g/mol. The van der Waals surface area contributed by atoms with Gasteiger partial charge in [0.2, 0.25) is 0 Å². The number of ether oxygens (including phenoxy) is 2. The third-order valence-electron chi connectivity index (χ3n) is 7.15. The van der Waals surface area contributed by atoms with Crippen molar-refractivity contribution < 1.29 is 24.2 Å². The van der Waals surface area contributed by atoms with E-state index in [1.165, 1.54) is 0 Å². The van der Waals surface area contributed by atoms with Crippen LogP contribution in [0.5, 0.6) is 5.75 Å². The molecule has 2 fully saturated rings. The molecule has 2 aromatic carbocycles. The minimum absolute atomic E-state index is 0.0889. The van der Waals surface area contributed by atoms with Crippen LogP contribution in [0.15, 0.2) is 78.6 Å². The number of nitrogens with zero attached hydrogens (tertiary/aromatic N) is 3. The van der Waals surface area contributed by atoms with E-state index in [2.05, 4.69) is 16.0 Å². The summed E-state index contributed by atoms with van der Waals surface area (Å²) in [5, 5.41) is 11.3. The zero-order valence-corrected chi connectivity index (χ0v) is 22.1. The van der Waals surface area contributed by atoms with Crippen LogP contribution in [0.1, 0.15) is 34.7 Å². The molecule has 0 saturated carbocycles. The lowest BCUT2D eigenvalue weighted by atomic mass is 9.96. The summed E-state index contributed by atoms with van der Waals surface area (Å²) in [6.07, 6.45) is 3.97. The van der Waals surface area contributed by atoms with Gasteiger partial charge in [-0.2, -0.15) is 0 Å². The summed E-state index contributed by atoms with van der Waals surface area (Å²) < 4.78 is 11.3. The summed E-state index contributed by atoms with van der Waals surface area (Å²) in [5.41, 5.74) is 3.50. The molecule has 1 unspecified atom stereocenters. The van der Waals surface area contributed by atoms with Gasteiger partial charge in [0, 0.05) is 44.1 Å². The normalized spacial score (nSPS) is 19.4. The highest BCUT2D eigenvalue weighted by Crippen LogP contribution is 2.39. The third-order valence-corrected chi connectivity index (χ3v) is 7.15. The van der Waals surface area contributed by atoms with Crippen LogP contribution >= 0.6 is 0 Å². The number of aliphatic hydroxyl groups is 1. The molecule has 0 radical (unpaired) electrons. The minimum atomic E-state index is -0.685. The number of hydrogen-bond acceptors (Lipinski definition) is 7. The predicted molar refractivity (Wildman–Crippen MR) is 147 cm³/mol. The van der Waals surface area contributed by atoms with E-state index in [1.54, 1.807) is 53.7 Å². The molecule has 0 bridgehead atoms. The van der Waals surface area contributed by atoms with Crippen molar-refractivity contribution in [3.05, 3.63) is 101 Å². The Kier molecular flexibility index (Phi) is 8.34. The summed E-state index contributed by atoms with van der Waals surface area (Å²) in [5.74, 6) is -0.836. The standard InChI is InChI=1S/C31H33N3O5/c1-22-4-2-5-23(20-22)21-39-26-8-6-25(7-9-26)29(35)27-28(24-10-12-32-13-11-24)34(31(37)30(27)36)15-3-14-33-16-18-38-19-17-33/h2,4-13,20,28,35H,3,14-19,21H2,1H3. The quantitative estimate of drug-likeness (QED) is 0.254. The molecule has 8 nitrogen and oxygen atoms in total. The average molecular weight is 528 g/mol. The number of ketones is 1. The highest BCUT2D eigenvalue weighted by atomic mass is 16.5. The third kappa shape index (κ3) is 6.19. The Bertz CT molecular complexity index is 1330. The van der Waals surface area contributed by atoms with E-state index in [9.17, 15) is 14.7 Å². The number of aryl methyl sites for hydroxylation is 1. The first kappa shape index (κ1) is 26.6. The maximum Gasteiger partial charge on any atom is 0.295 e. The first-order valence-corrected chi connectivity index (χ1v) is 13.3. The van der Waals surface area contributed by atoms with E-state index in [0.29, 0.717) is 44.1 Å². The molecular weight excluding hydrogens is 494 g/mol. The SMILES string of the molecule is Cc1cccc(COc2ccc(C(O)=C3C(=O)C(=O)N(CCCN4CCOCC4)C3c3ccncc3)cc2)c1. The van der Waals surface area contributed by atoms with Gasteiger partial charge in [-0.15, -0.1) is 0 Å². The summed E-state index contributed by atoms with van der Waals surface area (Å²) in [6.45, 7) is 6.79. The number of morpholine rings is 1. The number of Topliss-reactive ketones (excluding diaryl/α,β-unsaturated/α-hetero) is 1. The van der Waals surface area contributed by atoms with Gasteiger partial charge in [0.05, 0.1) is 24.8 Å². The smallest absolute Gasteiger partial charge is 0.295 e. The molecule has 1 N–H and O–H groups in total. The van der Waals surface area contributed by atoms with Crippen LogP contribution < -0.4 is 4.74 Å². The Labute approximate surface area is 228 Å². The van der Waals surface area contributed by atoms with E-state index in [-0.39, 0.29) is 11.3 Å². The molecule has 2 aliphatic heterocycles. The van der Waals surface area contributed by atoms with Gasteiger partial charge < -0.3 is 19.5 Å². The molecule has 3 heterocycles. The van der Waals surface area contributed by atoms with Crippen LogP contribution in [0.4, 0.5) is 0 Å². The molecule has 5 rings (SSSR count). The molecule has 0 aliphatic carbocycles. The van der Waals surface area contributed by atoms with Crippen LogP contribution in [0.2, 0.25) is 0 Å². The van der Waals surface area contributed by atoms with Crippen molar-refractivity contribution in [2.24, 2.45) is 0 Å². The van der Waals surface area contributed by atoms with E-state index in [4.69, 9.17) is 9.47 Å². The zero-order chi connectivity index (χ0) is 27.2. The topological polar surface area (TPSA) is 92.2 Å². The van der Waals surface area contributed by atoms with Crippen LogP contribution in [0.3, 0.4) is 0 Å². The summed E-state index contributed by atoms with van der Waals surface area (Å²) in [7, 11) is 0. The lowest BCUT2D eigenvalue weighted by Crippen LogP contribution is -2.38. The fourth-order valence-electron chi connectivity index (χ4n) is 5.13. The van der Waals surface area contributed by atoms with Crippen molar-refractivity contribution >= 4 is 17.4 Å². The van der Waals surface area contributed by atoms with Crippen LogP contribution in [0.25, 0.3) is 5.76 Å². The maximum atomic E-state index is 13.3. The Morgan fingerprint density at radius 2 is 1.77 bits per heavy atom. The molecule has 2 saturated heterocycles. The number of hydrogen-bond donors (Lipinski definition) is 1. The molecule has 2 aliphatic rings. The Morgan fingerprint density at radius 1 is 1.03 bits per heavy atom. The van der Waals surface area contributed by atoms with Crippen LogP contribution in [-0.4, -0.2) is 71.0 Å². The summed E-state index contributed by atoms with van der Waals surface area (Å²) >= 11 is 0. The van der Waals surface area contributed by atoms with E-state index in [1.807, 2.05) is 25.1 Å². The van der Waals surface area contributed by atoms with E-state index >= 15 is 0 Å². The molecule has 1 atom stereocenters. The summed E-state index contributed by atoms with van der Waals surface area (Å²) in [4.78, 5) is 34.4. The first-order chi connectivity index (χ1) is 19.0. The Morgan fingerprint density at radius 3 is 2.49 bits per heavy atom. The predicted octanol–water partition coefficient (Wildman–Crippen LogP) is 4.11. The second-order valence-electron chi connectivity index (χ2n) is 9.88. The van der Waals surface area contributed by atoms with Crippen molar-refractivity contribution in [3.63, 3.8) is 0 Å². The van der Waals surface area contributed by atoms with Gasteiger partial charge in [-0.25, -0.2) is 0 Å². The van der Waals surface area contributed by atoms with Gasteiger partial charge in [-0.05, 0) is 60.9 Å². The van der Waals surface area contributed by atoms with Crippen molar-refractivity contribution in [2.75, 3.05) is 39.4 Å². The maximum absolute atomic E-state index is 13.3. The lowest BCUT2D eigenvalue weighted by molar-refractivity contribution is -0.140. The van der Waals surface area contributed by atoms with Crippen molar-refractivity contribution in [1.82, 2.24) is 14.8 Å². The van der Waals surface area contributed by atoms with Crippen molar-refractivity contribution in [1.29, 1.82) is 0 Å². The number of likely N-dealkylation sites (tertiary alicyclic amines) is 1. The zero-order valence-electron chi connectivity index (χ0n) is 22.1. The van der Waals surface area contributed by atoms with Gasteiger partial charge in [0.25, 0.3) is 11.7 Å². The Hall–Kier alpha value is -4.01. The lowest BCUT2D eigenvalue weighted by Gasteiger charge is -2.29. The molecule has 39 heavy (non-hydrogen) atoms. The molecular formula is C31H33N3O5. The van der Waals surface area contributed by atoms with E-state index < -0.39 is 17.7 Å². The second-order valence-corrected chi connectivity index (χ2v) is 9.88. The van der Waals surface area contributed by atoms with Gasteiger partial charge in [-0.1, -0.05) is 29.8 Å². The van der Waals surface area contributed by atoms with Crippen LogP contribution in [0, 0.1) is 6.92 Å². The van der Waals surface area contributed by atoms with Gasteiger partial charge in [0.15, 0.2) is 0 Å². The first-order valence-electron chi connectivity index (χ1n) is 13.3. The number of pyridine rings is 1. The van der Waals surface area contributed by atoms with Gasteiger partial charge in [-0.3, -0.25) is 19.5 Å². The van der Waals surface area contributed by atoms with E-state index in [0.717, 1.165) is 36.3 Å². The van der Waals surface area contributed by atoms with Crippen molar-refractivity contribution in [3.8, 4) is 5.75 Å². The fraction of sp³-hybridized carbons (Fsp3) is 0.323. The molecule has 1 amide bonds. The molecule has 3 aromatic rings. The van der Waals surface area contributed by atoms with Crippen LogP contribution in [-0.2, 0) is 20.9 Å². The molecule has 1 aromatic heterocycles. The number of aliphatic hydroxyl groups excluding tert-OH is 1. The average Bonchev–Trinajstić information content (AvgIpc) is 3.22. The number of carbonyl (C=O) groups excluding carboxylic acids is 2. The molecule has 202 valence electrons. The molecule has 8 heteroatoms. The second kappa shape index (κ2) is 12.2. The van der Waals surface area contributed by atoms with Gasteiger partial charge >= 0.3 is 0 Å². The minimum Gasteiger partial charge on any atom is -0.507 e. The Balaban J connectivity index is 1.36. The molecule has 0 spiro atoms. The highest BCUT2D eigenvalue weighted by molar-refractivity contribution is 6.46. The van der Waals surface area contributed by atoms with Gasteiger partial charge in [0.1, 0.15) is 18.1 Å². The fourth-order valence-corrected chi connectivity index (χ4v) is 5.13. The largest absolute Gasteiger partial charge is 0.507 e.